The number of aromatic nitrogens is 1. The molecule has 0 fully saturated rings. The number of aryl methyl sites for hydroxylation is 1. The molecule has 11 heteroatoms. The lowest BCUT2D eigenvalue weighted by Crippen LogP contribution is -2.72. The standard InChI is InChI=1S/C16H12ClF6N3O/c1-9-4-2-7-12(24-9)25-14(15(18,19)20,16(21,22)23)26-13(27)10-5-3-6-11(17)8-10/h2-8H,1H3,(H,24,25)(H,26,27). The monoisotopic (exact) mass is 411 g/mol. The maximum atomic E-state index is 13.6. The SMILES string of the molecule is Cc1cccc(NC(NC(=O)c2cccc(Cl)c2)(C(F)(F)F)C(F)(F)F)n1. The van der Waals surface area contributed by atoms with Crippen molar-refractivity contribution >= 4 is 23.3 Å². The smallest absolute Gasteiger partial charge is 0.332 e. The first-order valence-corrected chi connectivity index (χ1v) is 7.67. The number of halogens is 7. The maximum absolute atomic E-state index is 13.6. The highest BCUT2D eigenvalue weighted by atomic mass is 35.5. The lowest BCUT2D eigenvalue weighted by atomic mass is 10.1. The summed E-state index contributed by atoms with van der Waals surface area (Å²) >= 11 is 5.64. The molecule has 1 heterocycles. The van der Waals surface area contributed by atoms with Gasteiger partial charge in [-0.15, -0.1) is 0 Å². The molecule has 0 aliphatic rings. The number of nitrogens with one attached hydrogen (secondary N) is 2. The van der Waals surface area contributed by atoms with Gasteiger partial charge in [0.15, 0.2) is 0 Å². The Kier molecular flexibility index (Phi) is 5.60. The zero-order chi connectivity index (χ0) is 20.5. The summed E-state index contributed by atoms with van der Waals surface area (Å²) in [6.45, 7) is 1.39. The summed E-state index contributed by atoms with van der Waals surface area (Å²) in [5.41, 5.74) is -5.06. The van der Waals surface area contributed by atoms with Crippen LogP contribution in [0.3, 0.4) is 0 Å². The Morgan fingerprint density at radius 1 is 1.00 bits per heavy atom. The van der Waals surface area contributed by atoms with Gasteiger partial charge in [0.2, 0.25) is 0 Å². The van der Waals surface area contributed by atoms with E-state index in [9.17, 15) is 31.1 Å². The van der Waals surface area contributed by atoms with E-state index in [0.29, 0.717) is 0 Å². The van der Waals surface area contributed by atoms with Gasteiger partial charge in [0.05, 0.1) is 0 Å². The van der Waals surface area contributed by atoms with Crippen molar-refractivity contribution in [2.75, 3.05) is 5.32 Å². The normalized spacial score (nSPS) is 12.6. The van der Waals surface area contributed by atoms with Crippen molar-refractivity contribution in [3.05, 3.63) is 58.7 Å². The van der Waals surface area contributed by atoms with Gasteiger partial charge in [-0.05, 0) is 37.3 Å². The van der Waals surface area contributed by atoms with Crippen molar-refractivity contribution in [3.8, 4) is 0 Å². The van der Waals surface area contributed by atoms with Gasteiger partial charge < -0.3 is 10.6 Å². The maximum Gasteiger partial charge on any atom is 0.439 e. The zero-order valence-electron chi connectivity index (χ0n) is 13.5. The molecule has 1 aromatic carbocycles. The number of carbonyl (C=O) groups excluding carboxylic acids is 1. The summed E-state index contributed by atoms with van der Waals surface area (Å²) in [4.78, 5) is 15.7. The van der Waals surface area contributed by atoms with Crippen LogP contribution in [0.1, 0.15) is 16.1 Å². The van der Waals surface area contributed by atoms with Crippen molar-refractivity contribution in [1.82, 2.24) is 10.3 Å². The second kappa shape index (κ2) is 7.26. The second-order valence-electron chi connectivity index (χ2n) is 5.50. The highest BCUT2D eigenvalue weighted by Gasteiger charge is 2.72. The van der Waals surface area contributed by atoms with Crippen LogP contribution in [-0.4, -0.2) is 28.9 Å². The largest absolute Gasteiger partial charge is 0.439 e. The molecule has 0 bridgehead atoms. The molecule has 0 atom stereocenters. The molecule has 0 aliphatic carbocycles. The van der Waals surface area contributed by atoms with Gasteiger partial charge in [0.1, 0.15) is 5.82 Å². The fraction of sp³-hybridized carbons (Fsp3) is 0.250. The third-order valence-corrected chi connectivity index (χ3v) is 3.68. The van der Waals surface area contributed by atoms with E-state index in [2.05, 4.69) is 4.98 Å². The molecule has 2 aromatic rings. The number of carbonyl (C=O) groups is 1. The van der Waals surface area contributed by atoms with Crippen LogP contribution in [0, 0.1) is 6.92 Å². The van der Waals surface area contributed by atoms with Crippen LogP contribution in [-0.2, 0) is 0 Å². The van der Waals surface area contributed by atoms with Crippen molar-refractivity contribution in [2.24, 2.45) is 0 Å². The fourth-order valence-electron chi connectivity index (χ4n) is 2.15. The van der Waals surface area contributed by atoms with Gasteiger partial charge in [-0.1, -0.05) is 23.7 Å². The molecule has 0 spiro atoms. The Morgan fingerprint density at radius 3 is 2.11 bits per heavy atom. The van der Waals surface area contributed by atoms with E-state index in [0.717, 1.165) is 23.5 Å². The molecule has 146 valence electrons. The number of alkyl halides is 6. The summed E-state index contributed by atoms with van der Waals surface area (Å²) in [6, 6.07) is 8.04. The summed E-state index contributed by atoms with van der Waals surface area (Å²) < 4.78 is 81.4. The molecule has 27 heavy (non-hydrogen) atoms. The van der Waals surface area contributed by atoms with Crippen LogP contribution in [0.2, 0.25) is 5.02 Å². The molecule has 0 saturated heterocycles. The molecule has 0 radical (unpaired) electrons. The molecule has 4 nitrogen and oxygen atoms in total. The molecule has 0 saturated carbocycles. The van der Waals surface area contributed by atoms with Crippen molar-refractivity contribution in [1.29, 1.82) is 0 Å². The number of rotatable bonds is 4. The van der Waals surface area contributed by atoms with E-state index in [-0.39, 0.29) is 10.7 Å². The molecule has 0 unspecified atom stereocenters. The summed E-state index contributed by atoms with van der Waals surface area (Å²) in [6.07, 6.45) is -11.9. The van der Waals surface area contributed by atoms with Crippen LogP contribution in [0.15, 0.2) is 42.5 Å². The quantitative estimate of drug-likeness (QED) is 0.566. The van der Waals surface area contributed by atoms with Crippen LogP contribution >= 0.6 is 11.6 Å². The second-order valence-corrected chi connectivity index (χ2v) is 5.94. The van der Waals surface area contributed by atoms with Gasteiger partial charge in [-0.2, -0.15) is 26.3 Å². The van der Waals surface area contributed by atoms with E-state index < -0.39 is 35.3 Å². The van der Waals surface area contributed by atoms with E-state index in [1.165, 1.54) is 36.5 Å². The number of nitrogens with zero attached hydrogens (tertiary/aromatic N) is 1. The van der Waals surface area contributed by atoms with Gasteiger partial charge in [0, 0.05) is 16.3 Å². The zero-order valence-corrected chi connectivity index (χ0v) is 14.3. The van der Waals surface area contributed by atoms with Crippen LogP contribution in [0.4, 0.5) is 32.2 Å². The topological polar surface area (TPSA) is 54.0 Å². The first kappa shape index (κ1) is 20.8. The number of anilines is 1. The Labute approximate surface area is 154 Å². The molecule has 1 aromatic heterocycles. The Bertz CT molecular complexity index is 823. The summed E-state index contributed by atoms with van der Waals surface area (Å²) in [7, 11) is 0. The van der Waals surface area contributed by atoms with E-state index >= 15 is 0 Å². The fourth-order valence-corrected chi connectivity index (χ4v) is 2.34. The molecular formula is C16H12ClF6N3O. The van der Waals surface area contributed by atoms with Gasteiger partial charge in [-0.3, -0.25) is 4.79 Å². The lowest BCUT2D eigenvalue weighted by molar-refractivity contribution is -0.294. The lowest BCUT2D eigenvalue weighted by Gasteiger charge is -2.38. The van der Waals surface area contributed by atoms with Gasteiger partial charge in [-0.25, -0.2) is 4.98 Å². The average molecular weight is 412 g/mol. The van der Waals surface area contributed by atoms with E-state index in [4.69, 9.17) is 11.6 Å². The van der Waals surface area contributed by atoms with Crippen LogP contribution in [0.25, 0.3) is 0 Å². The van der Waals surface area contributed by atoms with Crippen molar-refractivity contribution in [3.63, 3.8) is 0 Å². The molecule has 2 N–H and O–H groups in total. The number of hydrogen-bond acceptors (Lipinski definition) is 3. The molecule has 2 rings (SSSR count). The predicted octanol–water partition coefficient (Wildman–Crippen LogP) is 4.71. The number of hydrogen-bond donors (Lipinski definition) is 2. The minimum absolute atomic E-state index is 0.0272. The third kappa shape index (κ3) is 4.44. The summed E-state index contributed by atoms with van der Waals surface area (Å²) in [5, 5.41) is 2.30. The van der Waals surface area contributed by atoms with E-state index in [1.807, 2.05) is 0 Å². The minimum Gasteiger partial charge on any atom is -0.332 e. The van der Waals surface area contributed by atoms with E-state index in [1.54, 1.807) is 0 Å². The number of benzene rings is 1. The van der Waals surface area contributed by atoms with Gasteiger partial charge >= 0.3 is 18.0 Å². The molecular weight excluding hydrogens is 400 g/mol. The first-order valence-electron chi connectivity index (χ1n) is 7.29. The third-order valence-electron chi connectivity index (χ3n) is 3.44. The van der Waals surface area contributed by atoms with Crippen molar-refractivity contribution < 1.29 is 31.1 Å². The highest BCUT2D eigenvalue weighted by molar-refractivity contribution is 6.30. The molecule has 1 amide bonds. The van der Waals surface area contributed by atoms with Crippen LogP contribution < -0.4 is 10.6 Å². The number of pyridine rings is 1. The Morgan fingerprint density at radius 2 is 1.59 bits per heavy atom. The van der Waals surface area contributed by atoms with Crippen LogP contribution in [0.5, 0.6) is 0 Å². The van der Waals surface area contributed by atoms with Gasteiger partial charge in [0.25, 0.3) is 5.91 Å². The van der Waals surface area contributed by atoms with Crippen molar-refractivity contribution in [2.45, 2.75) is 24.9 Å². The predicted molar refractivity (Wildman–Crippen MR) is 86.4 cm³/mol. The summed E-state index contributed by atoms with van der Waals surface area (Å²) in [5.74, 6) is -2.33. The Balaban J connectivity index is 2.53. The Hall–Kier alpha value is -2.49. The highest BCUT2D eigenvalue weighted by Crippen LogP contribution is 2.43. The molecule has 0 aliphatic heterocycles. The average Bonchev–Trinajstić information content (AvgIpc) is 2.52. The first-order chi connectivity index (χ1) is 12.4. The number of amides is 1. The minimum atomic E-state index is -5.94.